The van der Waals surface area contributed by atoms with Gasteiger partial charge in [0.1, 0.15) is 5.69 Å². The summed E-state index contributed by atoms with van der Waals surface area (Å²) in [7, 11) is 1.63. The Morgan fingerprint density at radius 3 is 3.04 bits per heavy atom. The van der Waals surface area contributed by atoms with Gasteiger partial charge in [0.2, 0.25) is 0 Å². The van der Waals surface area contributed by atoms with E-state index in [4.69, 9.17) is 0 Å². The van der Waals surface area contributed by atoms with Gasteiger partial charge in [-0.2, -0.15) is 10.2 Å². The third-order valence-electron chi connectivity index (χ3n) is 4.81. The smallest absolute Gasteiger partial charge is 0.269 e. The van der Waals surface area contributed by atoms with Crippen LogP contribution in [0.1, 0.15) is 16.9 Å². The minimum atomic E-state index is -0.131. The number of anilines is 1. The van der Waals surface area contributed by atoms with E-state index >= 15 is 0 Å². The fourth-order valence-electron chi connectivity index (χ4n) is 3.32. The van der Waals surface area contributed by atoms with Crippen LogP contribution in [-0.2, 0) is 7.05 Å². The third-order valence-corrected chi connectivity index (χ3v) is 4.81. The first-order valence-electron chi connectivity index (χ1n) is 8.61. The highest BCUT2D eigenvalue weighted by Crippen LogP contribution is 2.21. The number of nitrogens with zero attached hydrogens (tertiary/aromatic N) is 5. The maximum absolute atomic E-state index is 12.5. The molecule has 1 N–H and O–H groups in total. The van der Waals surface area contributed by atoms with E-state index in [-0.39, 0.29) is 11.5 Å². The molecule has 26 heavy (non-hydrogen) atoms. The summed E-state index contributed by atoms with van der Waals surface area (Å²) in [6.45, 7) is 2.23. The molecule has 1 amide bonds. The van der Waals surface area contributed by atoms with Crippen molar-refractivity contribution < 1.29 is 4.79 Å². The molecule has 4 rings (SSSR count). The van der Waals surface area contributed by atoms with Crippen LogP contribution < -0.4 is 15.8 Å². The Bertz CT molecular complexity index is 1010. The SMILES string of the molecule is Cn1ncc(N2CC[C@H](CNC(=O)c3cccc4ccnn34)C2)cc1=O. The quantitative estimate of drug-likeness (QED) is 0.747. The molecule has 0 unspecified atom stereocenters. The first kappa shape index (κ1) is 16.3. The van der Waals surface area contributed by atoms with Crippen molar-refractivity contribution in [3.05, 3.63) is 58.8 Å². The minimum Gasteiger partial charge on any atom is -0.370 e. The average Bonchev–Trinajstić information content (AvgIpc) is 3.30. The molecule has 1 aliphatic heterocycles. The molecule has 3 aromatic heterocycles. The molecular formula is C18H20N6O2. The lowest BCUT2D eigenvalue weighted by Gasteiger charge is -2.18. The van der Waals surface area contributed by atoms with Gasteiger partial charge in [-0.1, -0.05) is 6.07 Å². The van der Waals surface area contributed by atoms with Gasteiger partial charge in [0.05, 0.1) is 23.6 Å². The van der Waals surface area contributed by atoms with Crippen LogP contribution in [0.25, 0.3) is 5.52 Å². The number of hydrogen-bond acceptors (Lipinski definition) is 5. The lowest BCUT2D eigenvalue weighted by molar-refractivity contribution is 0.0941. The summed E-state index contributed by atoms with van der Waals surface area (Å²) >= 11 is 0. The number of nitrogens with one attached hydrogen (secondary N) is 1. The Kier molecular flexibility index (Phi) is 4.16. The van der Waals surface area contributed by atoms with E-state index in [0.717, 1.165) is 30.7 Å². The van der Waals surface area contributed by atoms with Crippen LogP contribution in [-0.4, -0.2) is 44.9 Å². The number of carbonyl (C=O) groups excluding carboxylic acids is 1. The Morgan fingerprint density at radius 2 is 2.19 bits per heavy atom. The number of pyridine rings is 1. The van der Waals surface area contributed by atoms with E-state index in [2.05, 4.69) is 20.4 Å². The molecule has 0 spiro atoms. The van der Waals surface area contributed by atoms with E-state index in [1.807, 2.05) is 18.2 Å². The lowest BCUT2D eigenvalue weighted by atomic mass is 10.1. The first-order chi connectivity index (χ1) is 12.6. The topological polar surface area (TPSA) is 84.5 Å². The van der Waals surface area contributed by atoms with Gasteiger partial charge < -0.3 is 10.2 Å². The van der Waals surface area contributed by atoms with Crippen molar-refractivity contribution in [1.82, 2.24) is 24.7 Å². The van der Waals surface area contributed by atoms with Crippen molar-refractivity contribution in [2.75, 3.05) is 24.5 Å². The second-order valence-corrected chi connectivity index (χ2v) is 6.57. The zero-order valence-corrected chi connectivity index (χ0v) is 14.5. The van der Waals surface area contributed by atoms with Crippen molar-refractivity contribution in [2.45, 2.75) is 6.42 Å². The number of rotatable bonds is 4. The standard InChI is InChI=1S/C18H20N6O2/c1-22-17(25)9-15(11-21-22)23-8-6-13(12-23)10-19-18(26)16-4-2-3-14-5-7-20-24(14)16/h2-5,7,9,11,13H,6,8,10,12H2,1H3,(H,19,26)/t13-/m1/s1. The number of aromatic nitrogens is 4. The highest BCUT2D eigenvalue weighted by Gasteiger charge is 2.24. The van der Waals surface area contributed by atoms with E-state index in [1.165, 1.54) is 4.68 Å². The largest absolute Gasteiger partial charge is 0.370 e. The molecule has 0 saturated carbocycles. The van der Waals surface area contributed by atoms with Crippen LogP contribution in [0.3, 0.4) is 0 Å². The van der Waals surface area contributed by atoms with E-state index in [1.54, 1.807) is 36.1 Å². The van der Waals surface area contributed by atoms with Gasteiger partial charge >= 0.3 is 0 Å². The average molecular weight is 352 g/mol. The minimum absolute atomic E-state index is 0.119. The maximum Gasteiger partial charge on any atom is 0.269 e. The van der Waals surface area contributed by atoms with Gasteiger partial charge in [0, 0.05) is 32.7 Å². The molecule has 0 aromatic carbocycles. The molecule has 1 fully saturated rings. The third kappa shape index (κ3) is 3.05. The van der Waals surface area contributed by atoms with Gasteiger partial charge in [-0.3, -0.25) is 9.59 Å². The monoisotopic (exact) mass is 352 g/mol. The lowest BCUT2D eigenvalue weighted by Crippen LogP contribution is -2.32. The Hall–Kier alpha value is -3.16. The molecule has 3 aromatic rings. The summed E-state index contributed by atoms with van der Waals surface area (Å²) < 4.78 is 2.95. The van der Waals surface area contributed by atoms with E-state index in [0.29, 0.717) is 18.2 Å². The van der Waals surface area contributed by atoms with Crippen molar-refractivity contribution in [3.63, 3.8) is 0 Å². The zero-order chi connectivity index (χ0) is 18.1. The number of hydrogen-bond donors (Lipinski definition) is 1. The van der Waals surface area contributed by atoms with Crippen LogP contribution in [0.5, 0.6) is 0 Å². The number of fused-ring (bicyclic) bond motifs is 1. The van der Waals surface area contributed by atoms with E-state index < -0.39 is 0 Å². The number of amides is 1. The van der Waals surface area contributed by atoms with Crippen LogP contribution in [0.4, 0.5) is 5.69 Å². The van der Waals surface area contributed by atoms with Crippen molar-refractivity contribution in [1.29, 1.82) is 0 Å². The van der Waals surface area contributed by atoms with Gasteiger partial charge in [0.25, 0.3) is 11.5 Å². The molecule has 4 heterocycles. The highest BCUT2D eigenvalue weighted by molar-refractivity contribution is 5.93. The predicted molar refractivity (Wildman–Crippen MR) is 97.3 cm³/mol. The maximum atomic E-state index is 12.5. The highest BCUT2D eigenvalue weighted by atomic mass is 16.2. The van der Waals surface area contributed by atoms with Crippen LogP contribution in [0.2, 0.25) is 0 Å². The Balaban J connectivity index is 1.38. The van der Waals surface area contributed by atoms with Gasteiger partial charge in [-0.05, 0) is 30.5 Å². The molecule has 134 valence electrons. The van der Waals surface area contributed by atoms with Crippen molar-refractivity contribution >= 4 is 17.1 Å². The molecule has 8 heteroatoms. The molecule has 0 aliphatic carbocycles. The fourth-order valence-corrected chi connectivity index (χ4v) is 3.32. The molecule has 0 radical (unpaired) electrons. The summed E-state index contributed by atoms with van der Waals surface area (Å²) in [6.07, 6.45) is 4.35. The summed E-state index contributed by atoms with van der Waals surface area (Å²) in [6, 6.07) is 9.00. The summed E-state index contributed by atoms with van der Waals surface area (Å²) in [5, 5.41) is 11.3. The Labute approximate surface area is 150 Å². The molecular weight excluding hydrogens is 332 g/mol. The zero-order valence-electron chi connectivity index (χ0n) is 14.5. The van der Waals surface area contributed by atoms with Crippen molar-refractivity contribution in [2.24, 2.45) is 13.0 Å². The van der Waals surface area contributed by atoms with Gasteiger partial charge in [0.15, 0.2) is 0 Å². The van der Waals surface area contributed by atoms with Gasteiger partial charge in [-0.25, -0.2) is 9.20 Å². The number of carbonyl (C=O) groups is 1. The fraction of sp³-hybridized carbons (Fsp3) is 0.333. The van der Waals surface area contributed by atoms with Crippen molar-refractivity contribution in [3.8, 4) is 0 Å². The molecule has 0 bridgehead atoms. The van der Waals surface area contributed by atoms with Crippen LogP contribution >= 0.6 is 0 Å². The van der Waals surface area contributed by atoms with E-state index in [9.17, 15) is 9.59 Å². The molecule has 8 nitrogen and oxygen atoms in total. The molecule has 1 aliphatic rings. The summed E-state index contributed by atoms with van der Waals surface area (Å²) in [4.78, 5) is 26.4. The Morgan fingerprint density at radius 1 is 1.31 bits per heavy atom. The first-order valence-corrected chi connectivity index (χ1v) is 8.61. The van der Waals surface area contributed by atoms with Crippen LogP contribution in [0, 0.1) is 5.92 Å². The second kappa shape index (κ2) is 6.62. The number of aryl methyl sites for hydroxylation is 1. The molecule has 1 saturated heterocycles. The molecule has 1 atom stereocenters. The normalized spacial score (nSPS) is 17.0. The summed E-state index contributed by atoms with van der Waals surface area (Å²) in [5.74, 6) is 0.202. The van der Waals surface area contributed by atoms with Crippen LogP contribution in [0.15, 0.2) is 47.5 Å². The predicted octanol–water partition coefficient (Wildman–Crippen LogP) is 0.684. The summed E-state index contributed by atoms with van der Waals surface area (Å²) in [5.41, 5.74) is 2.13. The van der Waals surface area contributed by atoms with Gasteiger partial charge in [-0.15, -0.1) is 0 Å². The second-order valence-electron chi connectivity index (χ2n) is 6.57.